The topological polar surface area (TPSA) is 84.9 Å². The molecular formula is C28H34N2O5S. The van der Waals surface area contributed by atoms with E-state index in [-0.39, 0.29) is 17.5 Å². The number of anilines is 1. The molecule has 7 nitrogen and oxygen atoms in total. The summed E-state index contributed by atoms with van der Waals surface area (Å²) in [5, 5.41) is 2.85. The monoisotopic (exact) mass is 510 g/mol. The first-order chi connectivity index (χ1) is 17.2. The molecular weight excluding hydrogens is 476 g/mol. The van der Waals surface area contributed by atoms with E-state index in [4.69, 9.17) is 9.47 Å². The molecule has 3 aromatic carbocycles. The van der Waals surface area contributed by atoms with Crippen molar-refractivity contribution >= 4 is 21.6 Å². The molecule has 0 aromatic heterocycles. The van der Waals surface area contributed by atoms with E-state index in [1.54, 1.807) is 48.5 Å². The largest absolute Gasteiger partial charge is 0.495 e. The quantitative estimate of drug-likeness (QED) is 0.356. The average Bonchev–Trinajstić information content (AvgIpc) is 2.85. The van der Waals surface area contributed by atoms with E-state index < -0.39 is 15.9 Å². The highest BCUT2D eigenvalue weighted by Crippen LogP contribution is 2.32. The maximum Gasteiger partial charge on any atom is 0.264 e. The van der Waals surface area contributed by atoms with Gasteiger partial charge in [0, 0.05) is 6.54 Å². The van der Waals surface area contributed by atoms with Crippen molar-refractivity contribution < 1.29 is 22.7 Å². The third kappa shape index (κ3) is 7.24. The van der Waals surface area contributed by atoms with Gasteiger partial charge in [0.1, 0.15) is 18.0 Å². The molecule has 3 aromatic rings. The minimum absolute atomic E-state index is 0.0990. The van der Waals surface area contributed by atoms with Crippen LogP contribution in [-0.2, 0) is 21.2 Å². The zero-order valence-corrected chi connectivity index (χ0v) is 22.0. The molecule has 0 atom stereocenters. The molecule has 0 saturated carbocycles. The highest BCUT2D eigenvalue weighted by Gasteiger charge is 2.29. The maximum absolute atomic E-state index is 13.5. The zero-order valence-electron chi connectivity index (χ0n) is 21.2. The zero-order chi connectivity index (χ0) is 26.1. The number of para-hydroxylation sites is 2. The normalized spacial score (nSPS) is 11.2. The van der Waals surface area contributed by atoms with Crippen LogP contribution < -0.4 is 19.1 Å². The first kappa shape index (κ1) is 27.1. The van der Waals surface area contributed by atoms with Gasteiger partial charge in [-0.1, -0.05) is 42.0 Å². The highest BCUT2D eigenvalue weighted by molar-refractivity contribution is 7.92. The molecule has 0 heterocycles. The number of nitrogens with zero attached hydrogens (tertiary/aromatic N) is 1. The number of hydrogen-bond donors (Lipinski definition) is 1. The first-order valence-corrected chi connectivity index (χ1v) is 13.4. The van der Waals surface area contributed by atoms with Gasteiger partial charge in [0.05, 0.1) is 23.8 Å². The van der Waals surface area contributed by atoms with Gasteiger partial charge in [0.25, 0.3) is 10.0 Å². The predicted molar refractivity (Wildman–Crippen MR) is 142 cm³/mol. The van der Waals surface area contributed by atoms with E-state index in [1.165, 1.54) is 7.11 Å². The molecule has 0 saturated heterocycles. The summed E-state index contributed by atoms with van der Waals surface area (Å²) in [4.78, 5) is 13.0. The SMILES string of the molecule is COc1ccccc1N(CC(=O)NCCCc1cccc(OC(C)C)c1)S(=O)(=O)c1ccc(C)cc1. The van der Waals surface area contributed by atoms with Crippen LogP contribution in [0.25, 0.3) is 0 Å². The van der Waals surface area contributed by atoms with Gasteiger partial charge >= 0.3 is 0 Å². The molecule has 1 amide bonds. The highest BCUT2D eigenvalue weighted by atomic mass is 32.2. The van der Waals surface area contributed by atoms with Crippen LogP contribution in [0.4, 0.5) is 5.69 Å². The van der Waals surface area contributed by atoms with Crippen LogP contribution in [0.3, 0.4) is 0 Å². The minimum atomic E-state index is -4.01. The number of sulfonamides is 1. The third-order valence-electron chi connectivity index (χ3n) is 5.48. The molecule has 0 bridgehead atoms. The van der Waals surface area contributed by atoms with Crippen molar-refractivity contribution in [3.8, 4) is 11.5 Å². The molecule has 3 rings (SSSR count). The minimum Gasteiger partial charge on any atom is -0.495 e. The fourth-order valence-electron chi connectivity index (χ4n) is 3.73. The Morgan fingerprint density at radius 2 is 1.72 bits per heavy atom. The molecule has 192 valence electrons. The lowest BCUT2D eigenvalue weighted by Crippen LogP contribution is -2.41. The van der Waals surface area contributed by atoms with Crippen LogP contribution in [0.2, 0.25) is 0 Å². The van der Waals surface area contributed by atoms with Crippen LogP contribution in [0.15, 0.2) is 77.7 Å². The van der Waals surface area contributed by atoms with Gasteiger partial charge < -0.3 is 14.8 Å². The Hall–Kier alpha value is -3.52. The number of nitrogens with one attached hydrogen (secondary N) is 1. The van der Waals surface area contributed by atoms with Crippen molar-refractivity contribution in [2.75, 3.05) is 24.5 Å². The predicted octanol–water partition coefficient (Wildman–Crippen LogP) is 4.74. The van der Waals surface area contributed by atoms with Gasteiger partial charge in [-0.25, -0.2) is 8.42 Å². The van der Waals surface area contributed by atoms with Crippen LogP contribution >= 0.6 is 0 Å². The number of carbonyl (C=O) groups excluding carboxylic acids is 1. The van der Waals surface area contributed by atoms with Crippen LogP contribution in [0, 0.1) is 6.92 Å². The lowest BCUT2D eigenvalue weighted by Gasteiger charge is -2.25. The molecule has 0 aliphatic heterocycles. The molecule has 0 radical (unpaired) electrons. The molecule has 0 spiro atoms. The molecule has 8 heteroatoms. The molecule has 0 aliphatic carbocycles. The third-order valence-corrected chi connectivity index (χ3v) is 7.26. The van der Waals surface area contributed by atoms with Crippen molar-refractivity contribution in [3.63, 3.8) is 0 Å². The van der Waals surface area contributed by atoms with Crippen LogP contribution in [0.5, 0.6) is 11.5 Å². The lowest BCUT2D eigenvalue weighted by atomic mass is 10.1. The van der Waals surface area contributed by atoms with Crippen LogP contribution in [0.1, 0.15) is 31.4 Å². The molecule has 0 unspecified atom stereocenters. The van der Waals surface area contributed by atoms with E-state index in [0.29, 0.717) is 24.4 Å². The van der Waals surface area contributed by atoms with E-state index in [9.17, 15) is 13.2 Å². The second-order valence-electron chi connectivity index (χ2n) is 8.76. The van der Waals surface area contributed by atoms with Gasteiger partial charge in [-0.3, -0.25) is 9.10 Å². The summed E-state index contributed by atoms with van der Waals surface area (Å²) >= 11 is 0. The number of methoxy groups -OCH3 is 1. The Balaban J connectivity index is 1.69. The summed E-state index contributed by atoms with van der Waals surface area (Å²) in [6, 6.07) is 21.2. The van der Waals surface area contributed by atoms with E-state index in [0.717, 1.165) is 27.6 Å². The van der Waals surface area contributed by atoms with E-state index >= 15 is 0 Å². The number of hydrogen-bond acceptors (Lipinski definition) is 5. The Morgan fingerprint density at radius 1 is 1.00 bits per heavy atom. The smallest absolute Gasteiger partial charge is 0.264 e. The second kappa shape index (κ2) is 12.4. The van der Waals surface area contributed by atoms with Gasteiger partial charge in [-0.2, -0.15) is 0 Å². The Bertz CT molecular complexity index is 1260. The van der Waals surface area contributed by atoms with Gasteiger partial charge in [0.15, 0.2) is 0 Å². The Morgan fingerprint density at radius 3 is 2.42 bits per heavy atom. The summed E-state index contributed by atoms with van der Waals surface area (Å²) in [6.45, 7) is 5.90. The van der Waals surface area contributed by atoms with E-state index in [2.05, 4.69) is 5.32 Å². The second-order valence-corrected chi connectivity index (χ2v) is 10.6. The average molecular weight is 511 g/mol. The number of rotatable bonds is 12. The van der Waals surface area contributed by atoms with Crippen molar-refractivity contribution in [1.29, 1.82) is 0 Å². The first-order valence-electron chi connectivity index (χ1n) is 12.0. The summed E-state index contributed by atoms with van der Waals surface area (Å²) in [5.41, 5.74) is 2.36. The number of ether oxygens (including phenoxy) is 2. The Labute approximate surface area is 214 Å². The summed E-state index contributed by atoms with van der Waals surface area (Å²) in [7, 11) is -2.54. The summed E-state index contributed by atoms with van der Waals surface area (Å²) in [6.07, 6.45) is 1.56. The van der Waals surface area contributed by atoms with Gasteiger partial charge in [-0.05, 0) is 75.6 Å². The number of aryl methyl sites for hydroxylation is 2. The standard InChI is InChI=1S/C28H34N2O5S/c1-21(2)35-24-11-7-9-23(19-24)10-8-18-29-28(31)20-30(26-12-5-6-13-27(26)34-4)36(32,33)25-16-14-22(3)15-17-25/h5-7,9,11-17,19,21H,8,10,18,20H2,1-4H3,(H,29,31). The fourth-order valence-corrected chi connectivity index (χ4v) is 5.16. The van der Waals surface area contributed by atoms with Crippen molar-refractivity contribution in [2.45, 2.75) is 44.6 Å². The van der Waals surface area contributed by atoms with Gasteiger partial charge in [-0.15, -0.1) is 0 Å². The van der Waals surface area contributed by atoms with Gasteiger partial charge in [0.2, 0.25) is 5.91 Å². The van der Waals surface area contributed by atoms with Crippen molar-refractivity contribution in [2.24, 2.45) is 0 Å². The van der Waals surface area contributed by atoms with Crippen molar-refractivity contribution in [3.05, 3.63) is 83.9 Å². The Kier molecular flexibility index (Phi) is 9.36. The van der Waals surface area contributed by atoms with E-state index in [1.807, 2.05) is 45.0 Å². The number of benzene rings is 3. The summed E-state index contributed by atoms with van der Waals surface area (Å²) in [5.74, 6) is 0.790. The fraction of sp³-hybridized carbons (Fsp3) is 0.321. The van der Waals surface area contributed by atoms with Crippen LogP contribution in [-0.4, -0.2) is 40.6 Å². The molecule has 0 fully saturated rings. The number of amides is 1. The molecule has 1 N–H and O–H groups in total. The molecule has 36 heavy (non-hydrogen) atoms. The molecule has 0 aliphatic rings. The lowest BCUT2D eigenvalue weighted by molar-refractivity contribution is -0.119. The van der Waals surface area contributed by atoms with Crippen molar-refractivity contribution in [1.82, 2.24) is 5.32 Å². The maximum atomic E-state index is 13.5. The number of carbonyl (C=O) groups is 1. The summed E-state index contributed by atoms with van der Waals surface area (Å²) < 4.78 is 39.3.